The molecule has 0 aromatic heterocycles. The molecule has 0 saturated carbocycles. The van der Waals surface area contributed by atoms with Crippen LogP contribution in [0.4, 0.5) is 0 Å². The smallest absolute Gasteiger partial charge is 0.295 e. The summed E-state index contributed by atoms with van der Waals surface area (Å²) in [5.74, 6) is 0.0765. The summed E-state index contributed by atoms with van der Waals surface area (Å²) in [5.41, 5.74) is 2.36. The van der Waals surface area contributed by atoms with E-state index < -0.39 is 17.7 Å². The maximum Gasteiger partial charge on any atom is 0.295 e. The van der Waals surface area contributed by atoms with Crippen LogP contribution in [-0.2, 0) is 16.0 Å². The van der Waals surface area contributed by atoms with Crippen LogP contribution in [-0.4, -0.2) is 65.5 Å². The molecule has 2 atom stereocenters. The first-order chi connectivity index (χ1) is 18.4. The van der Waals surface area contributed by atoms with Crippen LogP contribution in [0, 0.1) is 0 Å². The summed E-state index contributed by atoms with van der Waals surface area (Å²) in [6.45, 7) is 11.6. The number of carbonyl (C=O) groups is 2. The Hall–Kier alpha value is -3.32. The first-order valence-electron chi connectivity index (χ1n) is 13.9. The van der Waals surface area contributed by atoms with E-state index in [0.29, 0.717) is 31.0 Å². The van der Waals surface area contributed by atoms with E-state index in [9.17, 15) is 14.7 Å². The van der Waals surface area contributed by atoms with Crippen LogP contribution in [0.2, 0.25) is 0 Å². The van der Waals surface area contributed by atoms with Gasteiger partial charge in [-0.05, 0) is 67.9 Å². The Morgan fingerprint density at radius 2 is 1.89 bits per heavy atom. The molecule has 1 amide bonds. The van der Waals surface area contributed by atoms with Gasteiger partial charge in [0.1, 0.15) is 23.4 Å². The van der Waals surface area contributed by atoms with Crippen molar-refractivity contribution >= 4 is 17.4 Å². The van der Waals surface area contributed by atoms with Gasteiger partial charge in [-0.1, -0.05) is 45.7 Å². The predicted octanol–water partition coefficient (Wildman–Crippen LogP) is 5.34. The number of benzene rings is 2. The van der Waals surface area contributed by atoms with Crippen molar-refractivity contribution in [1.82, 2.24) is 9.80 Å². The van der Waals surface area contributed by atoms with Crippen LogP contribution in [0.15, 0.2) is 48.0 Å². The molecule has 2 aromatic rings. The number of fused-ring (bicyclic) bond motifs is 1. The van der Waals surface area contributed by atoms with Gasteiger partial charge in [0, 0.05) is 25.1 Å². The van der Waals surface area contributed by atoms with E-state index in [4.69, 9.17) is 9.47 Å². The van der Waals surface area contributed by atoms with E-state index in [2.05, 4.69) is 25.7 Å². The fourth-order valence-corrected chi connectivity index (χ4v) is 5.29. The summed E-state index contributed by atoms with van der Waals surface area (Å²) >= 11 is 0. The summed E-state index contributed by atoms with van der Waals surface area (Å²) < 4.78 is 11.8. The zero-order valence-corrected chi connectivity index (χ0v) is 23.0. The van der Waals surface area contributed by atoms with E-state index in [1.165, 1.54) is 0 Å². The number of ether oxygens (including phenoxy) is 2. The van der Waals surface area contributed by atoms with E-state index in [1.54, 1.807) is 11.0 Å². The van der Waals surface area contributed by atoms with E-state index in [1.807, 2.05) is 43.3 Å². The number of likely N-dealkylation sites (tertiary alicyclic amines) is 1. The second-order valence-corrected chi connectivity index (χ2v) is 10.1. The average Bonchev–Trinajstić information content (AvgIpc) is 3.42. The maximum absolute atomic E-state index is 13.4. The molecule has 1 fully saturated rings. The molecule has 4 rings (SSSR count). The Kier molecular flexibility index (Phi) is 9.10. The van der Waals surface area contributed by atoms with Gasteiger partial charge in [-0.15, -0.1) is 0 Å². The van der Waals surface area contributed by atoms with Crippen molar-refractivity contribution in [2.75, 3.05) is 32.8 Å². The van der Waals surface area contributed by atoms with Gasteiger partial charge in [0.2, 0.25) is 0 Å². The van der Waals surface area contributed by atoms with Crippen molar-refractivity contribution < 1.29 is 24.2 Å². The molecule has 0 aliphatic carbocycles. The van der Waals surface area contributed by atoms with Crippen molar-refractivity contribution in [3.05, 3.63) is 64.7 Å². The van der Waals surface area contributed by atoms with Crippen molar-refractivity contribution in [2.24, 2.45) is 0 Å². The van der Waals surface area contributed by atoms with Crippen LogP contribution in [0.25, 0.3) is 5.76 Å². The number of ketones is 1. The van der Waals surface area contributed by atoms with Crippen molar-refractivity contribution in [2.45, 2.75) is 65.5 Å². The summed E-state index contributed by atoms with van der Waals surface area (Å²) in [4.78, 5) is 30.6. The van der Waals surface area contributed by atoms with Gasteiger partial charge < -0.3 is 24.4 Å². The Labute approximate surface area is 226 Å². The minimum atomic E-state index is -0.701. The zero-order chi connectivity index (χ0) is 27.2. The quantitative estimate of drug-likeness (QED) is 0.176. The highest BCUT2D eigenvalue weighted by molar-refractivity contribution is 6.46. The highest BCUT2D eigenvalue weighted by Gasteiger charge is 2.46. The van der Waals surface area contributed by atoms with Gasteiger partial charge in [-0.2, -0.15) is 0 Å². The third kappa shape index (κ3) is 5.88. The maximum atomic E-state index is 13.4. The van der Waals surface area contributed by atoms with Crippen LogP contribution in [0.5, 0.6) is 11.5 Å². The molecule has 2 heterocycles. The molecule has 1 N–H and O–H groups in total. The van der Waals surface area contributed by atoms with Gasteiger partial charge in [-0.3, -0.25) is 9.59 Å². The lowest BCUT2D eigenvalue weighted by molar-refractivity contribution is -0.140. The molecule has 1 saturated heterocycles. The standard InChI is InChI=1S/C31H40N2O5/c1-5-8-9-17-37-25-12-10-11-22(20-25)28-27(30(35)31(36)33(28)16-15-32(6-2)7-3)29(34)23-13-14-26-24(19-23)18-21(4)38-26/h10-14,19-21,28,34H,5-9,15-18H2,1-4H3. The van der Waals surface area contributed by atoms with E-state index >= 15 is 0 Å². The van der Waals surface area contributed by atoms with E-state index in [-0.39, 0.29) is 17.4 Å². The van der Waals surface area contributed by atoms with Gasteiger partial charge in [-0.25, -0.2) is 0 Å². The first-order valence-corrected chi connectivity index (χ1v) is 13.9. The number of aliphatic hydroxyl groups excluding tert-OH is 1. The lowest BCUT2D eigenvalue weighted by atomic mass is 9.94. The number of rotatable bonds is 12. The molecule has 2 aromatic carbocycles. The highest BCUT2D eigenvalue weighted by Crippen LogP contribution is 2.41. The molecular formula is C31H40N2O5. The summed E-state index contributed by atoms with van der Waals surface area (Å²) in [6.07, 6.45) is 3.96. The largest absolute Gasteiger partial charge is 0.507 e. The summed E-state index contributed by atoms with van der Waals surface area (Å²) in [5, 5.41) is 11.5. The highest BCUT2D eigenvalue weighted by atomic mass is 16.5. The fraction of sp³-hybridized carbons (Fsp3) is 0.484. The fourth-order valence-electron chi connectivity index (χ4n) is 5.29. The van der Waals surface area contributed by atoms with Crippen LogP contribution in [0.3, 0.4) is 0 Å². The number of hydrogen-bond donors (Lipinski definition) is 1. The normalized spacial score (nSPS) is 20.2. The van der Waals surface area contributed by atoms with Crippen molar-refractivity contribution in [3.63, 3.8) is 0 Å². The molecule has 7 heteroatoms. The van der Waals surface area contributed by atoms with E-state index in [0.717, 1.165) is 55.6 Å². The number of carbonyl (C=O) groups excluding carboxylic acids is 2. The Morgan fingerprint density at radius 1 is 1.11 bits per heavy atom. The summed E-state index contributed by atoms with van der Waals surface area (Å²) in [6, 6.07) is 12.3. The third-order valence-electron chi connectivity index (χ3n) is 7.45. The number of unbranched alkanes of at least 4 members (excludes halogenated alkanes) is 2. The molecule has 0 spiro atoms. The summed E-state index contributed by atoms with van der Waals surface area (Å²) in [7, 11) is 0. The average molecular weight is 521 g/mol. The van der Waals surface area contributed by atoms with Crippen LogP contribution >= 0.6 is 0 Å². The van der Waals surface area contributed by atoms with Gasteiger partial charge in [0.05, 0.1) is 18.2 Å². The van der Waals surface area contributed by atoms with Crippen LogP contribution in [0.1, 0.15) is 69.7 Å². The van der Waals surface area contributed by atoms with Gasteiger partial charge in [0.25, 0.3) is 11.7 Å². The Balaban J connectivity index is 1.73. The molecule has 2 unspecified atom stereocenters. The van der Waals surface area contributed by atoms with Crippen molar-refractivity contribution in [1.29, 1.82) is 0 Å². The second kappa shape index (κ2) is 12.5. The predicted molar refractivity (Wildman–Crippen MR) is 148 cm³/mol. The molecular weight excluding hydrogens is 480 g/mol. The second-order valence-electron chi connectivity index (χ2n) is 10.1. The SMILES string of the molecule is CCCCCOc1cccc(C2C(=C(O)c3ccc4c(c3)CC(C)O4)C(=O)C(=O)N2CCN(CC)CC)c1. The minimum absolute atomic E-state index is 0.0631. The number of amides is 1. The Bertz CT molecular complexity index is 1190. The number of Topliss-reactive ketones (excluding diaryl/α,β-unsaturated/α-hetero) is 1. The number of hydrogen-bond acceptors (Lipinski definition) is 6. The van der Waals surface area contributed by atoms with Crippen molar-refractivity contribution in [3.8, 4) is 11.5 Å². The van der Waals surface area contributed by atoms with Crippen LogP contribution < -0.4 is 9.47 Å². The number of nitrogens with zero attached hydrogens (tertiary/aromatic N) is 2. The monoisotopic (exact) mass is 520 g/mol. The van der Waals surface area contributed by atoms with Gasteiger partial charge in [0.15, 0.2) is 0 Å². The molecule has 38 heavy (non-hydrogen) atoms. The zero-order valence-electron chi connectivity index (χ0n) is 23.0. The number of aliphatic hydroxyl groups is 1. The molecule has 2 aliphatic rings. The molecule has 0 bridgehead atoms. The molecule has 0 radical (unpaired) electrons. The first kappa shape index (κ1) is 27.7. The number of likely N-dealkylation sites (N-methyl/N-ethyl adjacent to an activating group) is 1. The Morgan fingerprint density at radius 3 is 2.63 bits per heavy atom. The minimum Gasteiger partial charge on any atom is -0.507 e. The molecule has 7 nitrogen and oxygen atoms in total. The third-order valence-corrected chi connectivity index (χ3v) is 7.45. The lowest BCUT2D eigenvalue weighted by Crippen LogP contribution is -2.38. The van der Waals surface area contributed by atoms with Gasteiger partial charge >= 0.3 is 0 Å². The molecule has 2 aliphatic heterocycles. The molecule has 204 valence electrons. The lowest BCUT2D eigenvalue weighted by Gasteiger charge is -2.28. The topological polar surface area (TPSA) is 79.3 Å².